The number of hydrogen-bond donors (Lipinski definition) is 1. The molecule has 1 fully saturated rings. The topological polar surface area (TPSA) is 66.5 Å². The van der Waals surface area contributed by atoms with Gasteiger partial charge in [0.05, 0.1) is 5.75 Å². The quantitative estimate of drug-likeness (QED) is 0.849. The largest absolute Gasteiger partial charge is 0.326 e. The van der Waals surface area contributed by atoms with Crippen LogP contribution in [0.3, 0.4) is 0 Å². The van der Waals surface area contributed by atoms with E-state index in [-0.39, 0.29) is 17.6 Å². The third-order valence-corrected chi connectivity index (χ3v) is 6.26. The number of piperidine rings is 1. The van der Waals surface area contributed by atoms with Crippen molar-refractivity contribution in [2.24, 2.45) is 5.92 Å². The molecule has 1 aliphatic rings. The predicted octanol–water partition coefficient (Wildman–Crippen LogP) is 3.12. The number of carbonyl (C=O) groups excluding carboxylic acids is 1. The van der Waals surface area contributed by atoms with Gasteiger partial charge in [0.25, 0.3) is 0 Å². The van der Waals surface area contributed by atoms with Crippen LogP contribution in [-0.4, -0.2) is 37.5 Å². The van der Waals surface area contributed by atoms with Crippen molar-refractivity contribution < 1.29 is 13.2 Å². The standard InChI is InChI=1S/C16H23ClN2O3S/c1-2-3-11-23(21,22)19-9-7-13(8-10-19)16(20)18-15-6-4-5-14(17)12-15/h4-6,12-13H,2-3,7-11H2,1H3,(H,18,20). The molecule has 1 aliphatic heterocycles. The molecule has 7 heteroatoms. The SMILES string of the molecule is CCCCS(=O)(=O)N1CCC(C(=O)Nc2cccc(Cl)c2)CC1. The average Bonchev–Trinajstić information content (AvgIpc) is 2.53. The molecule has 0 unspecified atom stereocenters. The van der Waals surface area contributed by atoms with E-state index in [0.29, 0.717) is 43.1 Å². The molecular weight excluding hydrogens is 336 g/mol. The van der Waals surface area contributed by atoms with E-state index in [1.54, 1.807) is 24.3 Å². The highest BCUT2D eigenvalue weighted by Gasteiger charge is 2.30. The van der Waals surface area contributed by atoms with Crippen LogP contribution in [-0.2, 0) is 14.8 Å². The Morgan fingerprint density at radius 1 is 1.35 bits per heavy atom. The molecule has 1 amide bonds. The van der Waals surface area contributed by atoms with E-state index < -0.39 is 10.0 Å². The first kappa shape index (κ1) is 18.2. The second-order valence-electron chi connectivity index (χ2n) is 5.84. The van der Waals surface area contributed by atoms with Gasteiger partial charge in [0.2, 0.25) is 15.9 Å². The van der Waals surface area contributed by atoms with Crippen LogP contribution in [0.5, 0.6) is 0 Å². The summed E-state index contributed by atoms with van der Waals surface area (Å²) in [6.45, 7) is 2.81. The van der Waals surface area contributed by atoms with Crippen molar-refractivity contribution in [3.8, 4) is 0 Å². The number of unbranched alkanes of at least 4 members (excludes halogenated alkanes) is 1. The summed E-state index contributed by atoms with van der Waals surface area (Å²) in [5.41, 5.74) is 0.667. The molecule has 1 aromatic carbocycles. The van der Waals surface area contributed by atoms with Crippen LogP contribution in [0.2, 0.25) is 5.02 Å². The Morgan fingerprint density at radius 2 is 2.04 bits per heavy atom. The lowest BCUT2D eigenvalue weighted by molar-refractivity contribution is -0.120. The Bertz CT molecular complexity index is 640. The van der Waals surface area contributed by atoms with E-state index in [9.17, 15) is 13.2 Å². The molecule has 0 saturated carbocycles. The summed E-state index contributed by atoms with van der Waals surface area (Å²) >= 11 is 5.90. The van der Waals surface area contributed by atoms with Gasteiger partial charge < -0.3 is 5.32 Å². The van der Waals surface area contributed by atoms with Crippen molar-refractivity contribution in [1.82, 2.24) is 4.31 Å². The van der Waals surface area contributed by atoms with Crippen molar-refractivity contribution in [3.05, 3.63) is 29.3 Å². The van der Waals surface area contributed by atoms with E-state index in [2.05, 4.69) is 5.32 Å². The molecule has 0 radical (unpaired) electrons. The smallest absolute Gasteiger partial charge is 0.227 e. The van der Waals surface area contributed by atoms with Gasteiger partial charge in [-0.1, -0.05) is 31.0 Å². The summed E-state index contributed by atoms with van der Waals surface area (Å²) in [5.74, 6) is -0.0347. The van der Waals surface area contributed by atoms with E-state index in [4.69, 9.17) is 11.6 Å². The summed E-state index contributed by atoms with van der Waals surface area (Å²) in [4.78, 5) is 12.3. The Morgan fingerprint density at radius 3 is 2.65 bits per heavy atom. The zero-order valence-corrected chi connectivity index (χ0v) is 14.9. The van der Waals surface area contributed by atoms with Gasteiger partial charge in [-0.25, -0.2) is 12.7 Å². The first-order valence-corrected chi connectivity index (χ1v) is 9.95. The molecule has 0 atom stereocenters. The molecule has 0 aliphatic carbocycles. The Kier molecular flexibility index (Phi) is 6.44. The van der Waals surface area contributed by atoms with Gasteiger partial charge in [0.1, 0.15) is 0 Å². The van der Waals surface area contributed by atoms with Crippen molar-refractivity contribution in [1.29, 1.82) is 0 Å². The molecule has 5 nitrogen and oxygen atoms in total. The Hall–Kier alpha value is -1.11. The second kappa shape index (κ2) is 8.13. The number of rotatable bonds is 6. The van der Waals surface area contributed by atoms with Crippen LogP contribution in [0.1, 0.15) is 32.6 Å². The van der Waals surface area contributed by atoms with Crippen molar-refractivity contribution in [3.63, 3.8) is 0 Å². The number of nitrogens with one attached hydrogen (secondary N) is 1. The highest BCUT2D eigenvalue weighted by Crippen LogP contribution is 2.23. The molecule has 23 heavy (non-hydrogen) atoms. The highest BCUT2D eigenvalue weighted by molar-refractivity contribution is 7.89. The van der Waals surface area contributed by atoms with Crippen molar-refractivity contribution >= 4 is 33.2 Å². The summed E-state index contributed by atoms with van der Waals surface area (Å²) in [7, 11) is -3.17. The summed E-state index contributed by atoms with van der Waals surface area (Å²) in [6, 6.07) is 7.01. The van der Waals surface area contributed by atoms with Gasteiger partial charge >= 0.3 is 0 Å². The fourth-order valence-corrected chi connectivity index (χ4v) is 4.53. The normalized spacial score (nSPS) is 17.1. The first-order valence-electron chi connectivity index (χ1n) is 7.96. The van der Waals surface area contributed by atoms with Gasteiger partial charge in [-0.3, -0.25) is 4.79 Å². The number of carbonyl (C=O) groups is 1. The van der Waals surface area contributed by atoms with Crippen molar-refractivity contribution in [2.45, 2.75) is 32.6 Å². The maximum atomic E-state index is 12.3. The first-order chi connectivity index (χ1) is 10.9. The van der Waals surface area contributed by atoms with Gasteiger partial charge in [-0.2, -0.15) is 0 Å². The number of halogens is 1. The van der Waals surface area contributed by atoms with Gasteiger partial charge in [0, 0.05) is 29.7 Å². The Balaban J connectivity index is 1.87. The molecule has 1 saturated heterocycles. The summed E-state index contributed by atoms with van der Waals surface area (Å²) < 4.78 is 25.8. The minimum Gasteiger partial charge on any atom is -0.326 e. The summed E-state index contributed by atoms with van der Waals surface area (Å²) in [5, 5.41) is 3.42. The molecule has 1 N–H and O–H groups in total. The number of sulfonamides is 1. The lowest BCUT2D eigenvalue weighted by Gasteiger charge is -2.30. The van der Waals surface area contributed by atoms with Gasteiger partial charge in [0.15, 0.2) is 0 Å². The molecule has 0 aromatic heterocycles. The van der Waals surface area contributed by atoms with E-state index in [1.807, 2.05) is 6.92 Å². The average molecular weight is 359 g/mol. The summed E-state index contributed by atoms with van der Waals surface area (Å²) in [6.07, 6.45) is 2.64. The monoisotopic (exact) mass is 358 g/mol. The molecule has 0 spiro atoms. The number of anilines is 1. The van der Waals surface area contributed by atoms with E-state index >= 15 is 0 Å². The maximum absolute atomic E-state index is 12.3. The minimum atomic E-state index is -3.17. The number of hydrogen-bond acceptors (Lipinski definition) is 3. The molecule has 128 valence electrons. The molecule has 1 heterocycles. The molecular formula is C16H23ClN2O3S. The van der Waals surface area contributed by atoms with Gasteiger partial charge in [-0.05, 0) is 37.5 Å². The third-order valence-electron chi connectivity index (χ3n) is 4.07. The number of nitrogens with zero attached hydrogens (tertiary/aromatic N) is 1. The zero-order chi connectivity index (χ0) is 16.9. The van der Waals surface area contributed by atoms with E-state index in [1.165, 1.54) is 4.31 Å². The Labute approximate surface area is 143 Å². The van der Waals surface area contributed by atoms with Crippen LogP contribution in [0.15, 0.2) is 24.3 Å². The predicted molar refractivity (Wildman–Crippen MR) is 93.1 cm³/mol. The lowest BCUT2D eigenvalue weighted by Crippen LogP contribution is -2.42. The second-order valence-corrected chi connectivity index (χ2v) is 8.37. The lowest BCUT2D eigenvalue weighted by atomic mass is 9.97. The van der Waals surface area contributed by atoms with E-state index in [0.717, 1.165) is 6.42 Å². The maximum Gasteiger partial charge on any atom is 0.227 e. The molecule has 1 aromatic rings. The van der Waals surface area contributed by atoms with Crippen LogP contribution >= 0.6 is 11.6 Å². The van der Waals surface area contributed by atoms with Crippen LogP contribution in [0, 0.1) is 5.92 Å². The zero-order valence-electron chi connectivity index (χ0n) is 13.3. The molecule has 2 rings (SSSR count). The van der Waals surface area contributed by atoms with Crippen LogP contribution in [0.25, 0.3) is 0 Å². The number of benzene rings is 1. The van der Waals surface area contributed by atoms with Crippen LogP contribution in [0.4, 0.5) is 5.69 Å². The van der Waals surface area contributed by atoms with Crippen molar-refractivity contribution in [2.75, 3.05) is 24.2 Å². The number of amides is 1. The fourth-order valence-electron chi connectivity index (χ4n) is 2.66. The fraction of sp³-hybridized carbons (Fsp3) is 0.562. The highest BCUT2D eigenvalue weighted by atomic mass is 35.5. The van der Waals surface area contributed by atoms with Gasteiger partial charge in [-0.15, -0.1) is 0 Å². The molecule has 0 bridgehead atoms. The third kappa shape index (κ3) is 5.19. The van der Waals surface area contributed by atoms with Crippen LogP contribution < -0.4 is 5.32 Å². The minimum absolute atomic E-state index is 0.0714.